The highest BCUT2D eigenvalue weighted by Crippen LogP contribution is 2.26. The van der Waals surface area contributed by atoms with E-state index in [1.807, 2.05) is 32.9 Å². The van der Waals surface area contributed by atoms with Gasteiger partial charge in [0.25, 0.3) is 0 Å². The lowest BCUT2D eigenvalue weighted by atomic mass is 9.96. The third-order valence-corrected chi connectivity index (χ3v) is 4.38. The molecule has 2 aromatic rings. The Morgan fingerprint density at radius 2 is 1.70 bits per heavy atom. The minimum absolute atomic E-state index is 0.0141. The van der Waals surface area contributed by atoms with Gasteiger partial charge in [-0.05, 0) is 74.2 Å². The van der Waals surface area contributed by atoms with E-state index in [4.69, 9.17) is 9.47 Å². The van der Waals surface area contributed by atoms with Crippen LogP contribution in [0.5, 0.6) is 11.5 Å². The van der Waals surface area contributed by atoms with Crippen LogP contribution in [0.3, 0.4) is 0 Å². The van der Waals surface area contributed by atoms with Gasteiger partial charge in [-0.15, -0.1) is 0 Å². The van der Waals surface area contributed by atoms with E-state index in [1.165, 1.54) is 25.3 Å². The van der Waals surface area contributed by atoms with Crippen molar-refractivity contribution in [3.8, 4) is 11.5 Å². The first-order chi connectivity index (χ1) is 12.7. The lowest BCUT2D eigenvalue weighted by Gasteiger charge is -2.14. The van der Waals surface area contributed by atoms with E-state index in [0.717, 1.165) is 16.7 Å². The minimum Gasteiger partial charge on any atom is -0.504 e. The van der Waals surface area contributed by atoms with Crippen LogP contribution < -0.4 is 4.74 Å². The number of carbonyl (C=O) groups excluding carboxylic acids is 2. The first-order valence-electron chi connectivity index (χ1n) is 8.60. The van der Waals surface area contributed by atoms with Crippen LogP contribution in [0.25, 0.3) is 6.08 Å². The maximum atomic E-state index is 12.6. The highest BCUT2D eigenvalue weighted by atomic mass is 16.5. The summed E-state index contributed by atoms with van der Waals surface area (Å²) in [5, 5.41) is 9.58. The topological polar surface area (TPSA) is 72.8 Å². The zero-order valence-electron chi connectivity index (χ0n) is 16.2. The number of phenolic OH excluding ortho intramolecular Hbond substituents is 1. The monoisotopic (exact) mass is 368 g/mol. The van der Waals surface area contributed by atoms with E-state index in [-0.39, 0.29) is 11.5 Å². The van der Waals surface area contributed by atoms with Crippen molar-refractivity contribution >= 4 is 17.8 Å². The minimum atomic E-state index is -0.891. The van der Waals surface area contributed by atoms with Gasteiger partial charge in [-0.2, -0.15) is 0 Å². The molecule has 27 heavy (non-hydrogen) atoms. The number of hydrogen-bond acceptors (Lipinski definition) is 5. The third kappa shape index (κ3) is 4.97. The standard InChI is InChI=1S/C22H24O5/c1-13-10-15(3)18(11-14(13)2)22(25)16(4)27-21(24)9-7-17-6-8-19(23)20(12-17)26-5/h6-12,16,23H,1-5H3/b9-7+/t16-/m1/s1. The molecule has 0 aliphatic heterocycles. The molecular weight excluding hydrogens is 344 g/mol. The average molecular weight is 368 g/mol. The lowest BCUT2D eigenvalue weighted by molar-refractivity contribution is -0.140. The van der Waals surface area contributed by atoms with Gasteiger partial charge < -0.3 is 14.6 Å². The van der Waals surface area contributed by atoms with Crippen LogP contribution in [-0.2, 0) is 9.53 Å². The Morgan fingerprint density at radius 1 is 1.04 bits per heavy atom. The molecule has 5 heteroatoms. The number of aryl methyl sites for hydroxylation is 3. The SMILES string of the molecule is COc1cc(/C=C/C(=O)O[C@H](C)C(=O)c2cc(C)c(C)cc2C)ccc1O. The molecule has 0 amide bonds. The van der Waals surface area contributed by atoms with Gasteiger partial charge in [-0.3, -0.25) is 4.79 Å². The van der Waals surface area contributed by atoms with Gasteiger partial charge in [0.1, 0.15) is 0 Å². The van der Waals surface area contributed by atoms with E-state index in [9.17, 15) is 14.7 Å². The van der Waals surface area contributed by atoms with Gasteiger partial charge in [-0.25, -0.2) is 4.79 Å². The second-order valence-corrected chi connectivity index (χ2v) is 6.46. The molecule has 0 fully saturated rings. The summed E-state index contributed by atoms with van der Waals surface area (Å²) >= 11 is 0. The first kappa shape index (κ1) is 20.2. The number of rotatable bonds is 6. The van der Waals surface area contributed by atoms with Crippen LogP contribution in [0.15, 0.2) is 36.4 Å². The van der Waals surface area contributed by atoms with Crippen molar-refractivity contribution in [1.29, 1.82) is 0 Å². The number of esters is 1. The van der Waals surface area contributed by atoms with Crippen molar-refractivity contribution in [2.75, 3.05) is 7.11 Å². The van der Waals surface area contributed by atoms with Crippen LogP contribution >= 0.6 is 0 Å². The molecule has 0 bridgehead atoms. The molecule has 0 unspecified atom stereocenters. The Labute approximate surface area is 159 Å². The summed E-state index contributed by atoms with van der Waals surface area (Å²) in [6, 6.07) is 8.48. The number of methoxy groups -OCH3 is 1. The van der Waals surface area contributed by atoms with Crippen molar-refractivity contribution in [3.05, 3.63) is 64.2 Å². The maximum absolute atomic E-state index is 12.6. The molecule has 2 aromatic carbocycles. The van der Waals surface area contributed by atoms with Crippen LogP contribution in [-0.4, -0.2) is 30.1 Å². The van der Waals surface area contributed by atoms with E-state index >= 15 is 0 Å². The van der Waals surface area contributed by atoms with Crippen LogP contribution in [0.4, 0.5) is 0 Å². The maximum Gasteiger partial charge on any atom is 0.331 e. The van der Waals surface area contributed by atoms with Crippen molar-refractivity contribution in [3.63, 3.8) is 0 Å². The van der Waals surface area contributed by atoms with Gasteiger partial charge in [0.15, 0.2) is 17.6 Å². The lowest BCUT2D eigenvalue weighted by Crippen LogP contribution is -2.24. The summed E-state index contributed by atoms with van der Waals surface area (Å²) in [6.45, 7) is 7.36. The van der Waals surface area contributed by atoms with E-state index in [0.29, 0.717) is 16.9 Å². The fraction of sp³-hybridized carbons (Fsp3) is 0.273. The fourth-order valence-corrected chi connectivity index (χ4v) is 2.67. The Hall–Kier alpha value is -3.08. The molecule has 142 valence electrons. The number of carbonyl (C=O) groups is 2. The summed E-state index contributed by atoms with van der Waals surface area (Å²) in [7, 11) is 1.44. The summed E-state index contributed by atoms with van der Waals surface area (Å²) in [4.78, 5) is 24.7. The Morgan fingerprint density at radius 3 is 2.37 bits per heavy atom. The van der Waals surface area contributed by atoms with Crippen molar-refractivity contribution in [2.24, 2.45) is 0 Å². The number of hydrogen-bond donors (Lipinski definition) is 1. The van der Waals surface area contributed by atoms with Gasteiger partial charge in [0.2, 0.25) is 5.78 Å². The van der Waals surface area contributed by atoms with Crippen LogP contribution in [0, 0.1) is 20.8 Å². The van der Waals surface area contributed by atoms with E-state index in [2.05, 4.69) is 0 Å². The molecular formula is C22H24O5. The number of phenols is 1. The summed E-state index contributed by atoms with van der Waals surface area (Å²) < 4.78 is 10.3. The van der Waals surface area contributed by atoms with E-state index in [1.54, 1.807) is 19.1 Å². The number of benzene rings is 2. The van der Waals surface area contributed by atoms with Crippen molar-refractivity contribution < 1.29 is 24.2 Å². The van der Waals surface area contributed by atoms with E-state index < -0.39 is 12.1 Å². The van der Waals surface area contributed by atoms with Crippen molar-refractivity contribution in [1.82, 2.24) is 0 Å². The summed E-state index contributed by atoms with van der Waals surface area (Å²) in [5.74, 6) is -0.535. The van der Waals surface area contributed by atoms with Crippen molar-refractivity contribution in [2.45, 2.75) is 33.8 Å². The Balaban J connectivity index is 2.07. The number of ketones is 1. The fourth-order valence-electron chi connectivity index (χ4n) is 2.67. The molecule has 1 atom stereocenters. The summed E-state index contributed by atoms with van der Waals surface area (Å²) in [5.41, 5.74) is 4.21. The van der Waals surface area contributed by atoms with Gasteiger partial charge in [-0.1, -0.05) is 12.1 Å². The number of Topliss-reactive ketones (excluding diaryl/α,β-unsaturated/α-hetero) is 1. The normalized spacial score (nSPS) is 12.0. The molecule has 0 heterocycles. The Bertz CT molecular complexity index is 896. The molecule has 0 aromatic heterocycles. The molecule has 2 rings (SSSR count). The van der Waals surface area contributed by atoms with Gasteiger partial charge in [0.05, 0.1) is 7.11 Å². The number of ether oxygens (including phenoxy) is 2. The molecule has 0 saturated heterocycles. The highest BCUT2D eigenvalue weighted by Gasteiger charge is 2.20. The predicted octanol–water partition coefficient (Wildman–Crippen LogP) is 4.15. The molecule has 5 nitrogen and oxygen atoms in total. The highest BCUT2D eigenvalue weighted by molar-refractivity contribution is 6.02. The largest absolute Gasteiger partial charge is 0.504 e. The smallest absolute Gasteiger partial charge is 0.331 e. The second-order valence-electron chi connectivity index (χ2n) is 6.46. The van der Waals surface area contributed by atoms with Crippen LogP contribution in [0.1, 0.15) is 39.5 Å². The van der Waals surface area contributed by atoms with Gasteiger partial charge in [0, 0.05) is 11.6 Å². The third-order valence-electron chi connectivity index (χ3n) is 4.38. The molecule has 0 spiro atoms. The number of aromatic hydroxyl groups is 1. The molecule has 0 radical (unpaired) electrons. The zero-order valence-corrected chi connectivity index (χ0v) is 16.2. The molecule has 0 aliphatic rings. The van der Waals surface area contributed by atoms with Gasteiger partial charge >= 0.3 is 5.97 Å². The Kier molecular flexibility index (Phi) is 6.40. The zero-order chi connectivity index (χ0) is 20.1. The first-order valence-corrected chi connectivity index (χ1v) is 8.60. The summed E-state index contributed by atoms with van der Waals surface area (Å²) in [6.07, 6.45) is 1.88. The average Bonchev–Trinajstić information content (AvgIpc) is 2.63. The quantitative estimate of drug-likeness (QED) is 0.471. The molecule has 0 aliphatic carbocycles. The predicted molar refractivity (Wildman–Crippen MR) is 104 cm³/mol. The molecule has 1 N–H and O–H groups in total. The van der Waals surface area contributed by atoms with Crippen LogP contribution in [0.2, 0.25) is 0 Å². The molecule has 0 saturated carbocycles. The second kappa shape index (κ2) is 8.54.